The van der Waals surface area contributed by atoms with Gasteiger partial charge in [0.25, 0.3) is 5.91 Å². The molecular weight excluding hydrogens is 245 g/mol. The van der Waals surface area contributed by atoms with E-state index in [4.69, 9.17) is 4.74 Å². The SMILES string of the molecule is COCC1CCN(C(=O)c2ccc(C)cc2F)CC1. The quantitative estimate of drug-likeness (QED) is 0.841. The van der Waals surface area contributed by atoms with E-state index in [2.05, 4.69) is 0 Å². The smallest absolute Gasteiger partial charge is 0.256 e. The zero-order valence-corrected chi connectivity index (χ0v) is 11.5. The number of ether oxygens (including phenoxy) is 1. The van der Waals surface area contributed by atoms with Crippen LogP contribution >= 0.6 is 0 Å². The number of halogens is 1. The van der Waals surface area contributed by atoms with Crippen molar-refractivity contribution in [2.24, 2.45) is 5.92 Å². The van der Waals surface area contributed by atoms with Gasteiger partial charge in [0.1, 0.15) is 5.82 Å². The highest BCUT2D eigenvalue weighted by Crippen LogP contribution is 2.20. The Balaban J connectivity index is 2.01. The minimum absolute atomic E-state index is 0.177. The van der Waals surface area contributed by atoms with Crippen molar-refractivity contribution in [1.82, 2.24) is 4.90 Å². The number of nitrogens with zero attached hydrogens (tertiary/aromatic N) is 1. The number of carbonyl (C=O) groups is 1. The average Bonchev–Trinajstić information content (AvgIpc) is 2.39. The molecule has 3 nitrogen and oxygen atoms in total. The van der Waals surface area contributed by atoms with Gasteiger partial charge >= 0.3 is 0 Å². The molecule has 0 atom stereocenters. The van der Waals surface area contributed by atoms with Gasteiger partial charge < -0.3 is 9.64 Å². The fraction of sp³-hybridized carbons (Fsp3) is 0.533. The molecule has 0 aliphatic carbocycles. The van der Waals surface area contributed by atoms with Gasteiger partial charge in [-0.15, -0.1) is 0 Å². The van der Waals surface area contributed by atoms with Crippen LogP contribution in [0.4, 0.5) is 4.39 Å². The van der Waals surface area contributed by atoms with E-state index in [0.717, 1.165) is 25.0 Å². The highest BCUT2D eigenvalue weighted by atomic mass is 19.1. The lowest BCUT2D eigenvalue weighted by Gasteiger charge is -2.31. The van der Waals surface area contributed by atoms with Crippen LogP contribution in [0, 0.1) is 18.7 Å². The largest absolute Gasteiger partial charge is 0.384 e. The molecule has 0 radical (unpaired) electrons. The Morgan fingerprint density at radius 2 is 2.11 bits per heavy atom. The molecule has 1 heterocycles. The summed E-state index contributed by atoms with van der Waals surface area (Å²) in [4.78, 5) is 14.0. The van der Waals surface area contributed by atoms with E-state index < -0.39 is 5.82 Å². The van der Waals surface area contributed by atoms with Crippen molar-refractivity contribution in [2.45, 2.75) is 19.8 Å². The average molecular weight is 265 g/mol. The van der Waals surface area contributed by atoms with Crippen LogP contribution in [0.1, 0.15) is 28.8 Å². The maximum atomic E-state index is 13.8. The van der Waals surface area contributed by atoms with Crippen LogP contribution in [0.2, 0.25) is 0 Å². The Kier molecular flexibility index (Phi) is 4.53. The normalized spacial score (nSPS) is 16.7. The molecule has 1 aromatic rings. The Labute approximate surface area is 113 Å². The topological polar surface area (TPSA) is 29.5 Å². The first-order chi connectivity index (χ1) is 9.11. The van der Waals surface area contributed by atoms with Crippen molar-refractivity contribution in [1.29, 1.82) is 0 Å². The van der Waals surface area contributed by atoms with Crippen LogP contribution in [-0.4, -0.2) is 37.6 Å². The summed E-state index contributed by atoms with van der Waals surface area (Å²) < 4.78 is 18.9. The summed E-state index contributed by atoms with van der Waals surface area (Å²) in [6.07, 6.45) is 1.85. The van der Waals surface area contributed by atoms with Crippen molar-refractivity contribution < 1.29 is 13.9 Å². The van der Waals surface area contributed by atoms with Gasteiger partial charge in [0.15, 0.2) is 0 Å². The van der Waals surface area contributed by atoms with Crippen LogP contribution in [0.15, 0.2) is 18.2 Å². The van der Waals surface area contributed by atoms with Gasteiger partial charge in [-0.1, -0.05) is 6.07 Å². The molecule has 19 heavy (non-hydrogen) atoms. The predicted octanol–water partition coefficient (Wildman–Crippen LogP) is 2.63. The van der Waals surface area contributed by atoms with Gasteiger partial charge in [-0.25, -0.2) is 4.39 Å². The molecule has 1 fully saturated rings. The second-order valence-corrected chi connectivity index (χ2v) is 5.17. The molecule has 0 bridgehead atoms. The molecule has 1 amide bonds. The molecular formula is C15H20FNO2. The number of rotatable bonds is 3. The van der Waals surface area contributed by atoms with Crippen molar-refractivity contribution in [2.75, 3.05) is 26.8 Å². The van der Waals surface area contributed by atoms with Crippen molar-refractivity contribution in [3.63, 3.8) is 0 Å². The van der Waals surface area contributed by atoms with E-state index in [0.29, 0.717) is 19.0 Å². The summed E-state index contributed by atoms with van der Waals surface area (Å²) in [6.45, 7) is 3.91. The first-order valence-electron chi connectivity index (χ1n) is 6.66. The van der Waals surface area contributed by atoms with Gasteiger partial charge in [0, 0.05) is 26.8 Å². The van der Waals surface area contributed by atoms with Crippen molar-refractivity contribution in [3.8, 4) is 0 Å². The van der Waals surface area contributed by atoms with Gasteiger partial charge in [0.05, 0.1) is 5.56 Å². The molecule has 1 aliphatic heterocycles. The van der Waals surface area contributed by atoms with Crippen LogP contribution in [-0.2, 0) is 4.74 Å². The minimum atomic E-state index is -0.427. The molecule has 0 N–H and O–H groups in total. The maximum Gasteiger partial charge on any atom is 0.256 e. The summed E-state index contributed by atoms with van der Waals surface area (Å²) in [6, 6.07) is 4.76. The van der Waals surface area contributed by atoms with Gasteiger partial charge in [-0.2, -0.15) is 0 Å². The summed E-state index contributed by atoms with van der Waals surface area (Å²) in [5.41, 5.74) is 1.00. The van der Waals surface area contributed by atoms with Crippen LogP contribution in [0.25, 0.3) is 0 Å². The fourth-order valence-electron chi connectivity index (χ4n) is 2.50. The van der Waals surface area contributed by atoms with Crippen LogP contribution in [0.3, 0.4) is 0 Å². The van der Waals surface area contributed by atoms with E-state index in [9.17, 15) is 9.18 Å². The number of aryl methyl sites for hydroxylation is 1. The molecule has 104 valence electrons. The Hall–Kier alpha value is -1.42. The van der Waals surface area contributed by atoms with Gasteiger partial charge in [-0.3, -0.25) is 4.79 Å². The lowest BCUT2D eigenvalue weighted by Crippen LogP contribution is -2.39. The number of carbonyl (C=O) groups excluding carboxylic acids is 1. The number of methoxy groups -OCH3 is 1. The molecule has 1 saturated heterocycles. The number of benzene rings is 1. The highest BCUT2D eigenvalue weighted by molar-refractivity contribution is 5.94. The summed E-state index contributed by atoms with van der Waals surface area (Å²) in [5, 5.41) is 0. The molecule has 0 saturated carbocycles. The third-order valence-electron chi connectivity index (χ3n) is 3.66. The first kappa shape index (κ1) is 14.0. The molecule has 0 spiro atoms. The predicted molar refractivity (Wildman–Crippen MR) is 71.6 cm³/mol. The monoisotopic (exact) mass is 265 g/mol. The molecule has 4 heteroatoms. The second kappa shape index (κ2) is 6.15. The van der Waals surface area contributed by atoms with Gasteiger partial charge in [-0.05, 0) is 43.4 Å². The number of hydrogen-bond acceptors (Lipinski definition) is 2. The van der Waals surface area contributed by atoms with E-state index in [1.165, 1.54) is 6.07 Å². The molecule has 0 aromatic heterocycles. The maximum absolute atomic E-state index is 13.8. The molecule has 1 aromatic carbocycles. The standard InChI is InChI=1S/C15H20FNO2/c1-11-3-4-13(14(16)9-11)15(18)17-7-5-12(6-8-17)10-19-2/h3-4,9,12H,5-8,10H2,1-2H3. The number of likely N-dealkylation sites (tertiary alicyclic amines) is 1. The summed E-state index contributed by atoms with van der Waals surface area (Å²) in [5.74, 6) is -0.116. The van der Waals surface area contributed by atoms with Crippen molar-refractivity contribution >= 4 is 5.91 Å². The van der Waals surface area contributed by atoms with E-state index in [-0.39, 0.29) is 11.5 Å². The first-order valence-corrected chi connectivity index (χ1v) is 6.66. The number of hydrogen-bond donors (Lipinski definition) is 0. The lowest BCUT2D eigenvalue weighted by atomic mass is 9.97. The van der Waals surface area contributed by atoms with Gasteiger partial charge in [0.2, 0.25) is 0 Å². The Morgan fingerprint density at radius 1 is 1.42 bits per heavy atom. The number of amides is 1. The molecule has 0 unspecified atom stereocenters. The van der Waals surface area contributed by atoms with Crippen molar-refractivity contribution in [3.05, 3.63) is 35.1 Å². The Bertz CT molecular complexity index is 453. The van der Waals surface area contributed by atoms with E-state index in [1.54, 1.807) is 24.1 Å². The summed E-state index contributed by atoms with van der Waals surface area (Å²) >= 11 is 0. The summed E-state index contributed by atoms with van der Waals surface area (Å²) in [7, 11) is 1.69. The molecule has 2 rings (SSSR count). The number of piperidine rings is 1. The zero-order chi connectivity index (χ0) is 13.8. The molecule has 1 aliphatic rings. The third kappa shape index (κ3) is 3.32. The second-order valence-electron chi connectivity index (χ2n) is 5.17. The fourth-order valence-corrected chi connectivity index (χ4v) is 2.50. The Morgan fingerprint density at radius 3 is 2.68 bits per heavy atom. The highest BCUT2D eigenvalue weighted by Gasteiger charge is 2.25. The van der Waals surface area contributed by atoms with E-state index >= 15 is 0 Å². The van der Waals surface area contributed by atoms with E-state index in [1.807, 2.05) is 6.92 Å². The zero-order valence-electron chi connectivity index (χ0n) is 11.5. The lowest BCUT2D eigenvalue weighted by molar-refractivity contribution is 0.0609. The van der Waals surface area contributed by atoms with Crippen LogP contribution < -0.4 is 0 Å². The van der Waals surface area contributed by atoms with Crippen LogP contribution in [0.5, 0.6) is 0 Å². The third-order valence-corrected chi connectivity index (χ3v) is 3.66. The minimum Gasteiger partial charge on any atom is -0.384 e.